The number of aryl methyl sites for hydroxylation is 2. The van der Waals surface area contributed by atoms with E-state index in [1.807, 2.05) is 6.07 Å². The lowest BCUT2D eigenvalue weighted by molar-refractivity contribution is -0.142. The fourth-order valence-electron chi connectivity index (χ4n) is 3.19. The molecule has 0 aliphatic rings. The largest absolute Gasteiger partial charge is 0.481 e. The molecule has 3 aromatic rings. The van der Waals surface area contributed by atoms with Gasteiger partial charge < -0.3 is 4.74 Å². The van der Waals surface area contributed by atoms with Crippen LogP contribution in [-0.2, 0) is 25.6 Å². The molecule has 2 heterocycles. The zero-order chi connectivity index (χ0) is 23.5. The third-order valence-corrected chi connectivity index (χ3v) is 4.85. The topological polar surface area (TPSA) is 93.7 Å². The Balaban J connectivity index is 2.00. The van der Waals surface area contributed by atoms with Gasteiger partial charge in [0.1, 0.15) is 5.82 Å². The molecule has 0 atom stereocenters. The van der Waals surface area contributed by atoms with Crippen molar-refractivity contribution in [3.05, 3.63) is 79.9 Å². The van der Waals surface area contributed by atoms with Gasteiger partial charge in [-0.3, -0.25) is 9.36 Å². The van der Waals surface area contributed by atoms with E-state index in [1.54, 1.807) is 13.0 Å². The Bertz CT molecular complexity index is 1250. The lowest BCUT2D eigenvalue weighted by Gasteiger charge is -2.15. The molecule has 1 aromatic carbocycles. The summed E-state index contributed by atoms with van der Waals surface area (Å²) >= 11 is 5.97. The average Bonchev–Trinajstić information content (AvgIpc) is 2.73. The molecule has 3 rings (SSSR count). The van der Waals surface area contributed by atoms with Crippen LogP contribution in [0.15, 0.2) is 35.5 Å². The Hall–Kier alpha value is -3.45. The van der Waals surface area contributed by atoms with E-state index in [0.29, 0.717) is 17.0 Å². The second-order valence-corrected chi connectivity index (χ2v) is 7.35. The second kappa shape index (κ2) is 9.36. The van der Waals surface area contributed by atoms with E-state index >= 15 is 0 Å². The summed E-state index contributed by atoms with van der Waals surface area (Å²) in [6.45, 7) is 1.54. The summed E-state index contributed by atoms with van der Waals surface area (Å²) in [7, 11) is 1.39. The summed E-state index contributed by atoms with van der Waals surface area (Å²) in [5.41, 5.74) is -1.33. The molecule has 166 valence electrons. The molecular weight excluding hydrogens is 447 g/mol. The minimum atomic E-state index is -4.80. The normalized spacial score (nSPS) is 11.3. The molecule has 11 heteroatoms. The van der Waals surface area contributed by atoms with E-state index in [4.69, 9.17) is 21.6 Å². The standard InChI is InChI=1S/C21H17ClF3N5O2/c1-12-27-9-15(19(29-12)32-2)10-30-11-28-18(21(23,24)25)17(20(30)31)4-3-13-5-14(8-26)7-16(22)6-13/h5-7,9,11H,3-4,10H2,1-2H3. The Labute approximate surface area is 186 Å². The van der Waals surface area contributed by atoms with Crippen LogP contribution in [0.2, 0.25) is 5.02 Å². The van der Waals surface area contributed by atoms with E-state index < -0.39 is 23.0 Å². The van der Waals surface area contributed by atoms with Crippen LogP contribution in [0.3, 0.4) is 0 Å². The highest BCUT2D eigenvalue weighted by atomic mass is 35.5. The highest BCUT2D eigenvalue weighted by Crippen LogP contribution is 2.30. The van der Waals surface area contributed by atoms with Crippen molar-refractivity contribution in [2.75, 3.05) is 7.11 Å². The first kappa shape index (κ1) is 23.2. The number of methoxy groups -OCH3 is 1. The minimum Gasteiger partial charge on any atom is -0.481 e. The number of nitrogens with zero attached hydrogens (tertiary/aromatic N) is 5. The van der Waals surface area contributed by atoms with Gasteiger partial charge in [0.15, 0.2) is 5.69 Å². The first-order valence-electron chi connectivity index (χ1n) is 9.34. The Kier molecular flexibility index (Phi) is 6.79. The van der Waals surface area contributed by atoms with Crippen LogP contribution in [-0.4, -0.2) is 26.6 Å². The maximum Gasteiger partial charge on any atom is 0.433 e. The molecule has 0 bridgehead atoms. The van der Waals surface area contributed by atoms with Gasteiger partial charge in [-0.2, -0.15) is 23.4 Å². The third kappa shape index (κ3) is 5.23. The molecule has 0 aliphatic carbocycles. The molecule has 32 heavy (non-hydrogen) atoms. The number of hydrogen-bond acceptors (Lipinski definition) is 6. The van der Waals surface area contributed by atoms with Gasteiger partial charge in [-0.15, -0.1) is 0 Å². The van der Waals surface area contributed by atoms with Crippen molar-refractivity contribution < 1.29 is 17.9 Å². The quantitative estimate of drug-likeness (QED) is 0.553. The number of rotatable bonds is 6. The van der Waals surface area contributed by atoms with Crippen molar-refractivity contribution in [2.24, 2.45) is 0 Å². The molecule has 0 saturated carbocycles. The first-order chi connectivity index (χ1) is 15.1. The molecular formula is C21H17ClF3N5O2. The van der Waals surface area contributed by atoms with E-state index in [2.05, 4.69) is 15.0 Å². The smallest absolute Gasteiger partial charge is 0.433 e. The predicted octanol–water partition coefficient (Wildman–Crippen LogP) is 3.73. The number of aromatic nitrogens is 4. The van der Waals surface area contributed by atoms with Gasteiger partial charge in [0.05, 0.1) is 37.2 Å². The molecule has 0 radical (unpaired) electrons. The van der Waals surface area contributed by atoms with Crippen LogP contribution in [0, 0.1) is 18.3 Å². The van der Waals surface area contributed by atoms with Gasteiger partial charge in [-0.25, -0.2) is 9.97 Å². The van der Waals surface area contributed by atoms with Crippen LogP contribution in [0.5, 0.6) is 5.88 Å². The van der Waals surface area contributed by atoms with Crippen LogP contribution in [0.4, 0.5) is 13.2 Å². The average molecular weight is 464 g/mol. The minimum absolute atomic E-state index is 0.0657. The fourth-order valence-corrected chi connectivity index (χ4v) is 3.44. The number of alkyl halides is 3. The van der Waals surface area contributed by atoms with Gasteiger partial charge >= 0.3 is 6.18 Å². The molecule has 7 nitrogen and oxygen atoms in total. The zero-order valence-electron chi connectivity index (χ0n) is 17.1. The van der Waals surface area contributed by atoms with E-state index in [1.165, 1.54) is 25.4 Å². The zero-order valence-corrected chi connectivity index (χ0v) is 17.8. The molecule has 0 unspecified atom stereocenters. The van der Waals surface area contributed by atoms with Gasteiger partial charge in [0.25, 0.3) is 5.56 Å². The molecule has 2 aromatic heterocycles. The summed E-state index contributed by atoms with van der Waals surface area (Å²) in [6, 6.07) is 6.44. The number of nitriles is 1. The van der Waals surface area contributed by atoms with Gasteiger partial charge in [0.2, 0.25) is 5.88 Å². The summed E-state index contributed by atoms with van der Waals surface area (Å²) < 4.78 is 46.9. The number of hydrogen-bond donors (Lipinski definition) is 0. The van der Waals surface area contributed by atoms with Crippen molar-refractivity contribution in [2.45, 2.75) is 32.5 Å². The maximum absolute atomic E-state index is 13.5. The summed E-state index contributed by atoms with van der Waals surface area (Å²) in [5.74, 6) is 0.663. The lowest BCUT2D eigenvalue weighted by Crippen LogP contribution is -2.30. The number of halogens is 4. The monoisotopic (exact) mass is 463 g/mol. The SMILES string of the molecule is COc1nc(C)ncc1Cn1cnc(C(F)(F)F)c(CCc2cc(Cl)cc(C#N)c2)c1=O. The molecule has 0 aliphatic heterocycles. The van der Waals surface area contributed by atoms with Gasteiger partial charge in [-0.05, 0) is 43.5 Å². The van der Waals surface area contributed by atoms with Crippen molar-refractivity contribution in [1.29, 1.82) is 5.26 Å². The predicted molar refractivity (Wildman–Crippen MR) is 109 cm³/mol. The highest BCUT2D eigenvalue weighted by Gasteiger charge is 2.37. The Morgan fingerprint density at radius 2 is 1.97 bits per heavy atom. The van der Waals surface area contributed by atoms with Crippen molar-refractivity contribution in [1.82, 2.24) is 19.5 Å². The van der Waals surface area contributed by atoms with Crippen LogP contribution < -0.4 is 10.3 Å². The number of ether oxygens (including phenoxy) is 1. The third-order valence-electron chi connectivity index (χ3n) is 4.63. The van der Waals surface area contributed by atoms with Gasteiger partial charge in [0, 0.05) is 16.8 Å². The van der Waals surface area contributed by atoms with E-state index in [0.717, 1.165) is 10.9 Å². The second-order valence-electron chi connectivity index (χ2n) is 6.91. The van der Waals surface area contributed by atoms with E-state index in [9.17, 15) is 18.0 Å². The molecule has 0 amide bonds. The van der Waals surface area contributed by atoms with Crippen molar-refractivity contribution in [3.63, 3.8) is 0 Å². The van der Waals surface area contributed by atoms with Crippen molar-refractivity contribution in [3.8, 4) is 11.9 Å². The summed E-state index contributed by atoms with van der Waals surface area (Å²) in [6.07, 6.45) is -2.68. The summed E-state index contributed by atoms with van der Waals surface area (Å²) in [5, 5.41) is 9.34. The Morgan fingerprint density at radius 1 is 1.22 bits per heavy atom. The summed E-state index contributed by atoms with van der Waals surface area (Å²) in [4.78, 5) is 24.7. The number of benzene rings is 1. The highest BCUT2D eigenvalue weighted by molar-refractivity contribution is 6.30. The van der Waals surface area contributed by atoms with Crippen LogP contribution in [0.1, 0.15) is 33.8 Å². The molecule has 0 N–H and O–H groups in total. The van der Waals surface area contributed by atoms with Crippen molar-refractivity contribution >= 4 is 11.6 Å². The lowest BCUT2D eigenvalue weighted by atomic mass is 10.0. The van der Waals surface area contributed by atoms with Crippen LogP contribution >= 0.6 is 11.6 Å². The molecule has 0 spiro atoms. The van der Waals surface area contributed by atoms with E-state index in [-0.39, 0.29) is 35.9 Å². The molecule has 0 fully saturated rings. The van der Waals surface area contributed by atoms with Gasteiger partial charge in [-0.1, -0.05) is 11.6 Å². The fraction of sp³-hybridized carbons (Fsp3) is 0.286. The maximum atomic E-state index is 13.5. The molecule has 0 saturated heterocycles. The Morgan fingerprint density at radius 3 is 2.62 bits per heavy atom. The first-order valence-corrected chi connectivity index (χ1v) is 9.71. The van der Waals surface area contributed by atoms with Crippen LogP contribution in [0.25, 0.3) is 0 Å².